The molecule has 0 radical (unpaired) electrons. The standard InChI is InChI=1S/C22H17F3N2O4S2/c23-22(24,25)31-17-3-1-2-16(13-17)27-20(29)18(33-21(27)32)12-14-4-6-15(7-5-14)19(28)26-8-10-30-11-9-26/h1-7,12-13H,8-11H2/b18-12-. The van der Waals surface area contributed by atoms with E-state index in [0.717, 1.165) is 28.8 Å². The van der Waals surface area contributed by atoms with Crippen molar-refractivity contribution in [2.24, 2.45) is 0 Å². The molecule has 2 saturated heterocycles. The normalized spacial score (nSPS) is 18.2. The second kappa shape index (κ2) is 9.54. The summed E-state index contributed by atoms with van der Waals surface area (Å²) < 4.78 is 46.9. The second-order valence-electron chi connectivity index (χ2n) is 7.09. The number of anilines is 1. The molecule has 2 aromatic carbocycles. The van der Waals surface area contributed by atoms with Crippen molar-refractivity contribution in [3.63, 3.8) is 0 Å². The van der Waals surface area contributed by atoms with Gasteiger partial charge in [-0.2, -0.15) is 0 Å². The summed E-state index contributed by atoms with van der Waals surface area (Å²) in [4.78, 5) is 28.7. The van der Waals surface area contributed by atoms with E-state index in [1.807, 2.05) is 0 Å². The third kappa shape index (κ3) is 5.55. The van der Waals surface area contributed by atoms with E-state index < -0.39 is 18.0 Å². The molecule has 6 nitrogen and oxygen atoms in total. The number of benzene rings is 2. The monoisotopic (exact) mass is 494 g/mol. The number of ether oxygens (including phenoxy) is 2. The Morgan fingerprint density at radius 1 is 1.12 bits per heavy atom. The zero-order valence-electron chi connectivity index (χ0n) is 17.0. The molecule has 0 saturated carbocycles. The van der Waals surface area contributed by atoms with Crippen LogP contribution < -0.4 is 9.64 Å². The fourth-order valence-corrected chi connectivity index (χ4v) is 4.63. The fourth-order valence-electron chi connectivity index (χ4n) is 3.33. The quantitative estimate of drug-likeness (QED) is 0.462. The molecule has 0 aliphatic carbocycles. The first-order chi connectivity index (χ1) is 15.7. The first kappa shape index (κ1) is 23.3. The van der Waals surface area contributed by atoms with Crippen molar-refractivity contribution in [2.45, 2.75) is 6.36 Å². The lowest BCUT2D eigenvalue weighted by Gasteiger charge is -2.26. The van der Waals surface area contributed by atoms with Gasteiger partial charge < -0.3 is 14.4 Å². The van der Waals surface area contributed by atoms with Gasteiger partial charge in [0.1, 0.15) is 5.75 Å². The summed E-state index contributed by atoms with van der Waals surface area (Å²) in [7, 11) is 0. The van der Waals surface area contributed by atoms with Gasteiger partial charge >= 0.3 is 6.36 Å². The molecule has 172 valence electrons. The van der Waals surface area contributed by atoms with E-state index in [9.17, 15) is 22.8 Å². The number of thioether (sulfide) groups is 1. The number of alkyl halides is 3. The third-order valence-electron chi connectivity index (χ3n) is 4.86. The zero-order chi connectivity index (χ0) is 23.6. The number of carbonyl (C=O) groups is 2. The molecule has 0 unspecified atom stereocenters. The zero-order valence-corrected chi connectivity index (χ0v) is 18.6. The van der Waals surface area contributed by atoms with Gasteiger partial charge in [-0.15, -0.1) is 13.2 Å². The molecule has 2 amide bonds. The lowest BCUT2D eigenvalue weighted by Crippen LogP contribution is -2.40. The van der Waals surface area contributed by atoms with E-state index in [-0.39, 0.29) is 15.9 Å². The van der Waals surface area contributed by atoms with E-state index in [1.54, 1.807) is 35.2 Å². The van der Waals surface area contributed by atoms with Crippen LogP contribution in [0, 0.1) is 0 Å². The highest BCUT2D eigenvalue weighted by Gasteiger charge is 2.35. The van der Waals surface area contributed by atoms with Gasteiger partial charge in [0.25, 0.3) is 11.8 Å². The van der Waals surface area contributed by atoms with Crippen molar-refractivity contribution in [1.29, 1.82) is 0 Å². The molecule has 2 aliphatic rings. The highest BCUT2D eigenvalue weighted by Crippen LogP contribution is 2.37. The molecular weight excluding hydrogens is 477 g/mol. The Hall–Kier alpha value is -2.89. The van der Waals surface area contributed by atoms with Crippen molar-refractivity contribution >= 4 is 51.9 Å². The summed E-state index contributed by atoms with van der Waals surface area (Å²) in [6, 6.07) is 11.9. The molecule has 4 rings (SSSR count). The van der Waals surface area contributed by atoms with Crippen molar-refractivity contribution in [3.05, 3.63) is 64.6 Å². The summed E-state index contributed by atoms with van der Waals surface area (Å²) in [5.41, 5.74) is 1.39. The summed E-state index contributed by atoms with van der Waals surface area (Å²) in [6.07, 6.45) is -3.22. The topological polar surface area (TPSA) is 59.1 Å². The molecule has 2 aromatic rings. The SMILES string of the molecule is O=C(c1ccc(/C=C2\SC(=S)N(c3cccc(OC(F)(F)F)c3)C2=O)cc1)N1CCOCC1. The van der Waals surface area contributed by atoms with Gasteiger partial charge in [-0.05, 0) is 35.9 Å². The predicted octanol–water partition coefficient (Wildman–Crippen LogP) is 4.46. The van der Waals surface area contributed by atoms with Gasteiger partial charge in [0.2, 0.25) is 0 Å². The molecule has 2 fully saturated rings. The molecular formula is C22H17F3N2O4S2. The third-order valence-corrected chi connectivity index (χ3v) is 6.16. The van der Waals surface area contributed by atoms with Gasteiger partial charge in [-0.3, -0.25) is 14.5 Å². The molecule has 0 bridgehead atoms. The second-order valence-corrected chi connectivity index (χ2v) is 8.76. The molecule has 0 atom stereocenters. The summed E-state index contributed by atoms with van der Waals surface area (Å²) in [6.45, 7) is 2.10. The molecule has 33 heavy (non-hydrogen) atoms. The van der Waals surface area contributed by atoms with E-state index >= 15 is 0 Å². The number of amides is 2. The average molecular weight is 495 g/mol. The maximum Gasteiger partial charge on any atom is 0.573 e. The Morgan fingerprint density at radius 3 is 2.48 bits per heavy atom. The summed E-state index contributed by atoms with van der Waals surface area (Å²) in [5.74, 6) is -0.988. The van der Waals surface area contributed by atoms with Crippen LogP contribution in [0.25, 0.3) is 6.08 Å². The maximum atomic E-state index is 12.9. The molecule has 11 heteroatoms. The van der Waals surface area contributed by atoms with Crippen LogP contribution in [-0.4, -0.2) is 53.7 Å². The van der Waals surface area contributed by atoms with Crippen molar-refractivity contribution < 1.29 is 32.2 Å². The number of nitrogens with zero attached hydrogens (tertiary/aromatic N) is 2. The number of hydrogen-bond acceptors (Lipinski definition) is 6. The van der Waals surface area contributed by atoms with Crippen molar-refractivity contribution in [2.75, 3.05) is 31.2 Å². The number of hydrogen-bond donors (Lipinski definition) is 0. The van der Waals surface area contributed by atoms with Gasteiger partial charge in [0.15, 0.2) is 4.32 Å². The Morgan fingerprint density at radius 2 is 1.82 bits per heavy atom. The van der Waals surface area contributed by atoms with Crippen LogP contribution in [0.3, 0.4) is 0 Å². The van der Waals surface area contributed by atoms with Crippen LogP contribution in [0.1, 0.15) is 15.9 Å². The van der Waals surface area contributed by atoms with Crippen LogP contribution in [0.5, 0.6) is 5.75 Å². The minimum Gasteiger partial charge on any atom is -0.406 e. The van der Waals surface area contributed by atoms with E-state index in [4.69, 9.17) is 17.0 Å². The highest BCUT2D eigenvalue weighted by molar-refractivity contribution is 8.27. The molecule has 0 N–H and O–H groups in total. The Bertz CT molecular complexity index is 1110. The van der Waals surface area contributed by atoms with Gasteiger partial charge in [0, 0.05) is 24.7 Å². The minimum atomic E-state index is -4.84. The highest BCUT2D eigenvalue weighted by atomic mass is 32.2. The summed E-state index contributed by atoms with van der Waals surface area (Å²) >= 11 is 6.32. The molecule has 2 aliphatic heterocycles. The van der Waals surface area contributed by atoms with Crippen LogP contribution >= 0.6 is 24.0 Å². The Labute approximate surface area is 196 Å². The van der Waals surface area contributed by atoms with Crippen LogP contribution in [0.2, 0.25) is 0 Å². The fraction of sp³-hybridized carbons (Fsp3) is 0.227. The van der Waals surface area contributed by atoms with E-state index in [1.165, 1.54) is 12.1 Å². The van der Waals surface area contributed by atoms with Crippen molar-refractivity contribution in [1.82, 2.24) is 4.90 Å². The van der Waals surface area contributed by atoms with Gasteiger partial charge in [-0.1, -0.05) is 42.2 Å². The predicted molar refractivity (Wildman–Crippen MR) is 122 cm³/mol. The van der Waals surface area contributed by atoms with E-state index in [2.05, 4.69) is 4.74 Å². The average Bonchev–Trinajstić information content (AvgIpc) is 3.06. The molecule has 2 heterocycles. The van der Waals surface area contributed by atoms with Crippen LogP contribution in [0.15, 0.2) is 53.4 Å². The number of halogens is 3. The number of rotatable bonds is 4. The molecule has 0 spiro atoms. The van der Waals surface area contributed by atoms with Crippen molar-refractivity contribution in [3.8, 4) is 5.75 Å². The maximum absolute atomic E-state index is 12.9. The lowest BCUT2D eigenvalue weighted by atomic mass is 10.1. The van der Waals surface area contributed by atoms with Crippen LogP contribution in [-0.2, 0) is 9.53 Å². The first-order valence-electron chi connectivity index (χ1n) is 9.82. The number of thiocarbonyl (C=S) groups is 1. The van der Waals surface area contributed by atoms with Gasteiger partial charge in [-0.25, -0.2) is 0 Å². The minimum absolute atomic E-state index is 0.0860. The van der Waals surface area contributed by atoms with Gasteiger partial charge in [0.05, 0.1) is 23.8 Å². The molecule has 0 aromatic heterocycles. The number of morpholine rings is 1. The van der Waals surface area contributed by atoms with Crippen LogP contribution in [0.4, 0.5) is 18.9 Å². The summed E-state index contributed by atoms with van der Waals surface area (Å²) in [5, 5.41) is 0. The first-order valence-corrected chi connectivity index (χ1v) is 11.0. The number of carbonyl (C=O) groups excluding carboxylic acids is 2. The largest absolute Gasteiger partial charge is 0.573 e. The lowest BCUT2D eigenvalue weighted by molar-refractivity contribution is -0.274. The Kier molecular flexibility index (Phi) is 6.73. The Balaban J connectivity index is 1.50. The smallest absolute Gasteiger partial charge is 0.406 e. The van der Waals surface area contributed by atoms with E-state index in [0.29, 0.717) is 42.3 Å².